The fourth-order valence-corrected chi connectivity index (χ4v) is 3.65. The molecule has 0 spiro atoms. The summed E-state index contributed by atoms with van der Waals surface area (Å²) in [7, 11) is -4.18. The number of nitrogens with two attached hydrogens (primary N) is 2. The van der Waals surface area contributed by atoms with Gasteiger partial charge in [-0.2, -0.15) is 8.42 Å². The van der Waals surface area contributed by atoms with Crippen molar-refractivity contribution in [2.75, 3.05) is 13.1 Å². The van der Waals surface area contributed by atoms with Gasteiger partial charge < -0.3 is 27.6 Å². The molecule has 1 aliphatic rings. The lowest BCUT2D eigenvalue weighted by Crippen LogP contribution is -3.00. The molecule has 8 nitrogen and oxygen atoms in total. The Balaban J connectivity index is 0.00000243. The third-order valence-electron chi connectivity index (χ3n) is 4.18. The van der Waals surface area contributed by atoms with Gasteiger partial charge in [-0.3, -0.25) is 0 Å². The molecule has 1 aliphatic heterocycles. The van der Waals surface area contributed by atoms with Crippen LogP contribution in [0.15, 0.2) is 36.5 Å². The average molecular weight is 402 g/mol. The van der Waals surface area contributed by atoms with Gasteiger partial charge >= 0.3 is 16.2 Å². The number of hydrogen-bond acceptors (Lipinski definition) is 4. The number of hydrogen-bond donors (Lipinski definition) is 3. The number of carboxylic acid groups (broad SMARTS) is 1. The minimum absolute atomic E-state index is 0. The Hall–Kier alpha value is -2.07. The number of benzene rings is 1. The Morgan fingerprint density at radius 3 is 2.35 bits per heavy atom. The maximum absolute atomic E-state index is 11.5. The van der Waals surface area contributed by atoms with Crippen LogP contribution in [-0.4, -0.2) is 42.7 Å². The first-order valence-electron chi connectivity index (χ1n) is 7.93. The molecule has 26 heavy (non-hydrogen) atoms. The smallest absolute Gasteiger partial charge is 0.354 e. The van der Waals surface area contributed by atoms with Crippen LogP contribution in [0.25, 0.3) is 11.1 Å². The van der Waals surface area contributed by atoms with Crippen molar-refractivity contribution in [2.45, 2.75) is 18.9 Å². The Bertz CT molecular complexity index is 874. The summed E-state index contributed by atoms with van der Waals surface area (Å²) in [6, 6.07) is 8.35. The van der Waals surface area contributed by atoms with Gasteiger partial charge in [-0.1, -0.05) is 12.1 Å². The zero-order valence-corrected chi connectivity index (χ0v) is 15.4. The van der Waals surface area contributed by atoms with Crippen molar-refractivity contribution in [3.63, 3.8) is 0 Å². The Morgan fingerprint density at radius 2 is 1.81 bits per heavy atom. The van der Waals surface area contributed by atoms with Gasteiger partial charge in [-0.05, 0) is 23.8 Å². The predicted molar refractivity (Wildman–Crippen MR) is 90.6 cm³/mol. The molecule has 2 aromatic rings. The van der Waals surface area contributed by atoms with Gasteiger partial charge in [0.25, 0.3) is 0 Å². The lowest BCUT2D eigenvalue weighted by molar-refractivity contribution is -0.664. The van der Waals surface area contributed by atoms with E-state index in [0.29, 0.717) is 15.3 Å². The topological polar surface area (TPSA) is 128 Å². The highest BCUT2D eigenvalue weighted by atomic mass is 35.5. The van der Waals surface area contributed by atoms with Gasteiger partial charge in [0.15, 0.2) is 5.69 Å². The van der Waals surface area contributed by atoms with Gasteiger partial charge in [0, 0.05) is 24.6 Å². The zero-order valence-electron chi connectivity index (χ0n) is 13.8. The quantitative estimate of drug-likeness (QED) is 0.492. The lowest BCUT2D eigenvalue weighted by atomic mass is 10.1. The first kappa shape index (κ1) is 20.2. The van der Waals surface area contributed by atoms with E-state index in [1.165, 1.54) is 6.07 Å². The molecule has 0 aliphatic carbocycles. The summed E-state index contributed by atoms with van der Waals surface area (Å²) >= 11 is 0. The van der Waals surface area contributed by atoms with Crippen LogP contribution < -0.4 is 27.6 Å². The van der Waals surface area contributed by atoms with Crippen molar-refractivity contribution in [3.8, 4) is 16.9 Å². The predicted octanol–water partition coefficient (Wildman–Crippen LogP) is -2.99. The summed E-state index contributed by atoms with van der Waals surface area (Å²) in [6.07, 6.45) is 3.30. The van der Waals surface area contributed by atoms with Crippen LogP contribution >= 0.6 is 0 Å². The van der Waals surface area contributed by atoms with Crippen LogP contribution in [0.5, 0.6) is 5.75 Å². The number of halogens is 1. The van der Waals surface area contributed by atoms with Gasteiger partial charge in [-0.15, -0.1) is 0 Å². The molecule has 1 aromatic carbocycles. The van der Waals surface area contributed by atoms with Crippen molar-refractivity contribution in [2.24, 2.45) is 5.14 Å². The largest absolute Gasteiger partial charge is 1.00 e. The first-order valence-corrected chi connectivity index (χ1v) is 9.43. The van der Waals surface area contributed by atoms with Gasteiger partial charge in [-0.25, -0.2) is 13.9 Å². The van der Waals surface area contributed by atoms with E-state index >= 15 is 0 Å². The fraction of sp³-hybridized carbons (Fsp3) is 0.312. The molecule has 1 saturated heterocycles. The average Bonchev–Trinajstić information content (AvgIpc) is 3.02. The molecule has 0 saturated carbocycles. The van der Waals surface area contributed by atoms with Crippen LogP contribution in [0.4, 0.5) is 0 Å². The highest BCUT2D eigenvalue weighted by Gasteiger charge is 2.23. The van der Waals surface area contributed by atoms with Crippen LogP contribution in [0.2, 0.25) is 0 Å². The Labute approximate surface area is 157 Å². The summed E-state index contributed by atoms with van der Waals surface area (Å²) < 4.78 is 29.6. The highest BCUT2D eigenvalue weighted by molar-refractivity contribution is 7.87. The minimum atomic E-state index is -4.18. The van der Waals surface area contributed by atoms with Crippen molar-refractivity contribution < 1.29 is 40.8 Å². The van der Waals surface area contributed by atoms with E-state index in [0.717, 1.165) is 32.1 Å². The molecule has 0 amide bonds. The molecule has 0 bridgehead atoms. The minimum Gasteiger partial charge on any atom is -1.00 e. The number of rotatable bonds is 5. The summed E-state index contributed by atoms with van der Waals surface area (Å²) in [5.74, 6) is -0.661. The Kier molecular flexibility index (Phi) is 6.30. The molecule has 142 valence electrons. The third-order valence-corrected chi connectivity index (χ3v) is 5.04. The molecular formula is C16H20ClN3O5S. The molecule has 1 aromatic heterocycles. The number of piperidine rings is 1. The summed E-state index contributed by atoms with van der Waals surface area (Å²) in [6.45, 7) is 2.09. The second-order valence-corrected chi connectivity index (χ2v) is 7.35. The summed E-state index contributed by atoms with van der Waals surface area (Å²) in [4.78, 5) is 11.5. The standard InChI is InChI=1S/C16H19N3O5S.ClH/c17-25(22,23)19-10-7-14(15(19)16(20)21)11-1-3-12(4-2-11)24-13-5-8-18-9-6-13;/h1-4,7,10,13,18H,5-6,8-9H2,(H,20,21)(H2,17,22,23);1H. The van der Waals surface area contributed by atoms with E-state index in [-0.39, 0.29) is 29.8 Å². The number of carboxylic acids is 1. The SMILES string of the molecule is NS(=O)(=O)n1ccc(-c2ccc(OC3CC[NH2+]CC3)cc2)c1C(=O)O.[Cl-]. The molecule has 2 heterocycles. The number of ether oxygens (including phenoxy) is 1. The monoisotopic (exact) mass is 401 g/mol. The molecule has 5 N–H and O–H groups in total. The van der Waals surface area contributed by atoms with Gasteiger partial charge in [0.05, 0.1) is 13.1 Å². The zero-order chi connectivity index (χ0) is 18.0. The maximum Gasteiger partial charge on any atom is 0.354 e. The number of aromatic carboxylic acids is 1. The number of aromatic nitrogens is 1. The van der Waals surface area contributed by atoms with Crippen LogP contribution in [-0.2, 0) is 10.2 Å². The molecule has 1 fully saturated rings. The maximum atomic E-state index is 11.5. The number of carbonyl (C=O) groups is 1. The highest BCUT2D eigenvalue weighted by Crippen LogP contribution is 2.28. The second kappa shape index (κ2) is 8.09. The normalized spacial score (nSPS) is 15.3. The van der Waals surface area contributed by atoms with E-state index in [4.69, 9.17) is 9.88 Å². The second-order valence-electron chi connectivity index (χ2n) is 5.93. The van der Waals surface area contributed by atoms with Crippen molar-refractivity contribution >= 4 is 16.2 Å². The van der Waals surface area contributed by atoms with E-state index in [9.17, 15) is 18.3 Å². The third kappa shape index (κ3) is 4.36. The molecule has 10 heteroatoms. The molecule has 3 rings (SSSR count). The van der Waals surface area contributed by atoms with E-state index in [2.05, 4.69) is 5.32 Å². The van der Waals surface area contributed by atoms with E-state index in [1.54, 1.807) is 24.3 Å². The molecule has 0 atom stereocenters. The van der Waals surface area contributed by atoms with Crippen LogP contribution in [0.1, 0.15) is 23.3 Å². The first-order chi connectivity index (χ1) is 11.9. The van der Waals surface area contributed by atoms with E-state index in [1.807, 2.05) is 0 Å². The van der Waals surface area contributed by atoms with Crippen LogP contribution in [0.3, 0.4) is 0 Å². The van der Waals surface area contributed by atoms with E-state index < -0.39 is 16.2 Å². The van der Waals surface area contributed by atoms with Crippen molar-refractivity contribution in [1.82, 2.24) is 3.97 Å². The molecular weight excluding hydrogens is 382 g/mol. The summed E-state index contributed by atoms with van der Waals surface area (Å²) in [5.41, 5.74) is 0.462. The Morgan fingerprint density at radius 1 is 1.19 bits per heavy atom. The van der Waals surface area contributed by atoms with Crippen LogP contribution in [0, 0.1) is 0 Å². The van der Waals surface area contributed by atoms with Gasteiger partial charge in [0.2, 0.25) is 0 Å². The number of nitrogens with zero attached hydrogens (tertiary/aromatic N) is 1. The summed E-state index contributed by atoms with van der Waals surface area (Å²) in [5, 5.41) is 16.7. The fourth-order valence-electron chi connectivity index (χ4n) is 2.99. The number of quaternary nitrogens is 1. The lowest BCUT2D eigenvalue weighted by Gasteiger charge is -2.21. The van der Waals surface area contributed by atoms with Crippen molar-refractivity contribution in [1.29, 1.82) is 0 Å². The molecule has 0 unspecified atom stereocenters. The van der Waals surface area contributed by atoms with Crippen molar-refractivity contribution in [3.05, 3.63) is 42.2 Å². The van der Waals surface area contributed by atoms with Gasteiger partial charge in [0.1, 0.15) is 11.9 Å². The molecule has 0 radical (unpaired) electrons.